The Balaban J connectivity index is 1.24. The number of nitrogens with two attached hydrogens (primary N) is 1. The standard InChI is InChI=1S/C26H35FN6O/c1-25(6-7-25)34-19-2-3-21(28)20(14-19)24(29)22-15-23(32-17-31-22)33-12-4-18(5-13-33)16-26(27)8-10-30-11-9-26/h2-3,14-15,17-18,29-30H,4-13,16,28H2,1H3. The molecule has 3 heterocycles. The van der Waals surface area contributed by atoms with Gasteiger partial charge in [0.15, 0.2) is 0 Å². The zero-order chi connectivity index (χ0) is 23.8. The van der Waals surface area contributed by atoms with Crippen LogP contribution in [-0.4, -0.2) is 53.1 Å². The third-order valence-corrected chi connectivity index (χ3v) is 7.61. The average molecular weight is 467 g/mol. The zero-order valence-electron chi connectivity index (χ0n) is 19.9. The Morgan fingerprint density at radius 2 is 1.91 bits per heavy atom. The van der Waals surface area contributed by atoms with Crippen molar-refractivity contribution in [1.29, 1.82) is 5.41 Å². The van der Waals surface area contributed by atoms with E-state index in [9.17, 15) is 0 Å². The van der Waals surface area contributed by atoms with Gasteiger partial charge in [-0.1, -0.05) is 0 Å². The molecule has 0 spiro atoms. The minimum Gasteiger partial charge on any atom is -0.488 e. The maximum Gasteiger partial charge on any atom is 0.132 e. The number of ether oxygens (including phenoxy) is 1. The van der Waals surface area contributed by atoms with Crippen LogP contribution in [0, 0.1) is 11.3 Å². The van der Waals surface area contributed by atoms with E-state index >= 15 is 4.39 Å². The molecule has 3 aliphatic rings. The van der Waals surface area contributed by atoms with Gasteiger partial charge in [0.1, 0.15) is 29.2 Å². The van der Waals surface area contributed by atoms with Gasteiger partial charge in [0.25, 0.3) is 0 Å². The molecule has 182 valence electrons. The Kier molecular flexibility index (Phi) is 6.18. The fourth-order valence-corrected chi connectivity index (χ4v) is 5.14. The number of hydrogen-bond acceptors (Lipinski definition) is 7. The highest BCUT2D eigenvalue weighted by Gasteiger charge is 2.40. The number of alkyl halides is 1. The first kappa shape index (κ1) is 23.0. The quantitative estimate of drug-likeness (QED) is 0.420. The van der Waals surface area contributed by atoms with Crippen LogP contribution in [0.1, 0.15) is 63.1 Å². The van der Waals surface area contributed by atoms with Gasteiger partial charge < -0.3 is 20.7 Å². The van der Waals surface area contributed by atoms with Crippen LogP contribution in [0.15, 0.2) is 30.6 Å². The van der Waals surface area contributed by atoms with Crippen molar-refractivity contribution in [3.05, 3.63) is 41.9 Å². The first-order chi connectivity index (χ1) is 16.3. The van der Waals surface area contributed by atoms with E-state index in [1.165, 1.54) is 6.33 Å². The molecular weight excluding hydrogens is 431 g/mol. The van der Waals surface area contributed by atoms with E-state index < -0.39 is 5.67 Å². The highest BCUT2D eigenvalue weighted by atomic mass is 19.1. The van der Waals surface area contributed by atoms with Gasteiger partial charge in [-0.2, -0.15) is 0 Å². The summed E-state index contributed by atoms with van der Waals surface area (Å²) in [6.45, 7) is 5.33. The van der Waals surface area contributed by atoms with Crippen LogP contribution in [0.25, 0.3) is 0 Å². The molecule has 34 heavy (non-hydrogen) atoms. The predicted molar refractivity (Wildman–Crippen MR) is 133 cm³/mol. The van der Waals surface area contributed by atoms with E-state index in [0.717, 1.165) is 63.4 Å². The van der Waals surface area contributed by atoms with E-state index in [0.29, 0.717) is 42.1 Å². The lowest BCUT2D eigenvalue weighted by atomic mass is 9.81. The summed E-state index contributed by atoms with van der Waals surface area (Å²) in [5.74, 6) is 1.95. The molecule has 5 rings (SSSR count). The highest BCUT2D eigenvalue weighted by molar-refractivity contribution is 6.13. The second kappa shape index (κ2) is 9.13. The van der Waals surface area contributed by atoms with Gasteiger partial charge in [0.2, 0.25) is 0 Å². The molecule has 1 aliphatic carbocycles. The number of aromatic nitrogens is 2. The van der Waals surface area contributed by atoms with E-state index in [4.69, 9.17) is 15.9 Å². The summed E-state index contributed by atoms with van der Waals surface area (Å²) in [5, 5.41) is 12.0. The molecule has 1 aromatic heterocycles. The summed E-state index contributed by atoms with van der Waals surface area (Å²) in [4.78, 5) is 11.0. The highest BCUT2D eigenvalue weighted by Crippen LogP contribution is 2.40. The Morgan fingerprint density at radius 1 is 1.18 bits per heavy atom. The smallest absolute Gasteiger partial charge is 0.132 e. The second-order valence-electron chi connectivity index (χ2n) is 10.5. The Hall–Kier alpha value is -2.74. The van der Waals surface area contributed by atoms with Gasteiger partial charge in [-0.3, -0.25) is 5.41 Å². The molecule has 8 heteroatoms. The number of nitrogens with one attached hydrogen (secondary N) is 2. The number of anilines is 2. The molecule has 0 radical (unpaired) electrons. The van der Waals surface area contributed by atoms with Gasteiger partial charge in [0.05, 0.1) is 11.4 Å². The van der Waals surface area contributed by atoms with Gasteiger partial charge in [-0.15, -0.1) is 0 Å². The summed E-state index contributed by atoms with van der Waals surface area (Å²) in [7, 11) is 0. The first-order valence-electron chi connectivity index (χ1n) is 12.5. The van der Waals surface area contributed by atoms with E-state index in [1.54, 1.807) is 6.07 Å². The number of nitrogen functional groups attached to an aromatic ring is 1. The fraction of sp³-hybridized carbons (Fsp3) is 0.577. The van der Waals surface area contributed by atoms with E-state index in [1.807, 2.05) is 18.2 Å². The number of halogens is 1. The third-order valence-electron chi connectivity index (χ3n) is 7.61. The molecule has 2 aromatic rings. The van der Waals surface area contributed by atoms with Crippen molar-refractivity contribution >= 4 is 17.2 Å². The molecule has 2 saturated heterocycles. The van der Waals surface area contributed by atoms with Gasteiger partial charge in [-0.05, 0) is 89.1 Å². The van der Waals surface area contributed by atoms with Crippen molar-refractivity contribution in [3.8, 4) is 5.75 Å². The second-order valence-corrected chi connectivity index (χ2v) is 10.5. The molecule has 0 atom stereocenters. The zero-order valence-corrected chi connectivity index (χ0v) is 19.9. The topological polar surface area (TPSA) is 100 Å². The van der Waals surface area contributed by atoms with Crippen molar-refractivity contribution < 1.29 is 9.13 Å². The van der Waals surface area contributed by atoms with E-state index in [-0.39, 0.29) is 11.3 Å². The van der Waals surface area contributed by atoms with Crippen LogP contribution in [0.5, 0.6) is 5.75 Å². The average Bonchev–Trinajstić information content (AvgIpc) is 3.57. The Bertz CT molecular complexity index is 1040. The largest absolute Gasteiger partial charge is 0.488 e. The lowest BCUT2D eigenvalue weighted by Crippen LogP contribution is -2.42. The maximum atomic E-state index is 15.1. The van der Waals surface area contributed by atoms with Crippen molar-refractivity contribution in [2.45, 2.75) is 63.1 Å². The Labute approximate surface area is 200 Å². The van der Waals surface area contributed by atoms with Gasteiger partial charge in [0, 0.05) is 30.4 Å². The predicted octanol–water partition coefficient (Wildman–Crippen LogP) is 4.10. The van der Waals surface area contributed by atoms with Crippen molar-refractivity contribution in [2.75, 3.05) is 36.8 Å². The fourth-order valence-electron chi connectivity index (χ4n) is 5.14. The van der Waals surface area contributed by atoms with Crippen molar-refractivity contribution in [1.82, 2.24) is 15.3 Å². The SMILES string of the molecule is CC1(Oc2ccc(N)c(C(=N)c3cc(N4CCC(CC5(F)CCNCC5)CC4)ncn3)c2)CC1. The van der Waals surface area contributed by atoms with Gasteiger partial charge in [-0.25, -0.2) is 14.4 Å². The molecule has 0 unspecified atom stereocenters. The molecule has 0 bridgehead atoms. The van der Waals surface area contributed by atoms with Crippen LogP contribution in [0.2, 0.25) is 0 Å². The van der Waals surface area contributed by atoms with Gasteiger partial charge >= 0.3 is 0 Å². The number of hydrogen-bond donors (Lipinski definition) is 3. The summed E-state index contributed by atoms with van der Waals surface area (Å²) in [6.07, 6.45) is 7.43. The summed E-state index contributed by atoms with van der Waals surface area (Å²) < 4.78 is 21.2. The number of benzene rings is 1. The summed E-state index contributed by atoms with van der Waals surface area (Å²) in [5.41, 5.74) is 7.03. The van der Waals surface area contributed by atoms with Crippen molar-refractivity contribution in [3.63, 3.8) is 0 Å². The van der Waals surface area contributed by atoms with Crippen LogP contribution in [-0.2, 0) is 0 Å². The summed E-state index contributed by atoms with van der Waals surface area (Å²) >= 11 is 0. The molecule has 0 amide bonds. The number of piperidine rings is 2. The first-order valence-corrected chi connectivity index (χ1v) is 12.5. The Morgan fingerprint density at radius 3 is 2.62 bits per heavy atom. The number of rotatable bonds is 7. The maximum absolute atomic E-state index is 15.1. The van der Waals surface area contributed by atoms with Crippen molar-refractivity contribution in [2.24, 2.45) is 5.92 Å². The molecule has 7 nitrogen and oxygen atoms in total. The lowest BCUT2D eigenvalue weighted by molar-refractivity contribution is 0.0774. The molecule has 3 fully saturated rings. The molecule has 1 aromatic carbocycles. The summed E-state index contributed by atoms with van der Waals surface area (Å²) in [6, 6.07) is 7.35. The molecule has 4 N–H and O–H groups in total. The molecular formula is C26H35FN6O. The molecule has 1 saturated carbocycles. The monoisotopic (exact) mass is 466 g/mol. The normalized spacial score (nSPS) is 21.8. The van der Waals surface area contributed by atoms with Crippen LogP contribution in [0.4, 0.5) is 15.9 Å². The minimum atomic E-state index is -1.01. The van der Waals surface area contributed by atoms with Crippen LogP contribution >= 0.6 is 0 Å². The molecule has 2 aliphatic heterocycles. The lowest BCUT2D eigenvalue weighted by Gasteiger charge is -2.38. The number of nitrogens with zero attached hydrogens (tertiary/aromatic N) is 3. The van der Waals surface area contributed by atoms with Crippen LogP contribution < -0.4 is 20.7 Å². The van der Waals surface area contributed by atoms with E-state index in [2.05, 4.69) is 27.1 Å². The van der Waals surface area contributed by atoms with Crippen LogP contribution in [0.3, 0.4) is 0 Å². The minimum absolute atomic E-state index is 0.0978. The third kappa shape index (κ3) is 5.17.